The predicted octanol–water partition coefficient (Wildman–Crippen LogP) is 1.43. The molecule has 0 spiro atoms. The van der Waals surface area contributed by atoms with E-state index in [9.17, 15) is 4.79 Å². The normalized spacial score (nSPS) is 10.4. The van der Waals surface area contributed by atoms with Crippen molar-refractivity contribution in [3.05, 3.63) is 54.6 Å². The fourth-order valence-electron chi connectivity index (χ4n) is 1.73. The Hall–Kier alpha value is -3.09. The van der Waals surface area contributed by atoms with E-state index in [1.807, 2.05) is 12.1 Å². The molecular weight excluding hydrogens is 256 g/mol. The fraction of sp³-hybridized carbons (Fsp3) is 0. The second kappa shape index (κ2) is 4.88. The molecule has 0 aliphatic heterocycles. The van der Waals surface area contributed by atoms with Gasteiger partial charge in [0.05, 0.1) is 17.6 Å². The highest BCUT2D eigenvalue weighted by Gasteiger charge is 2.10. The number of hydrogen-bond donors (Lipinski definition) is 3. The highest BCUT2D eigenvalue weighted by molar-refractivity contribution is 6.02. The van der Waals surface area contributed by atoms with Crippen LogP contribution in [0.2, 0.25) is 0 Å². The number of nitrogens with one attached hydrogen (secondary N) is 2. The number of aromatic nitrogens is 4. The second-order valence-electron chi connectivity index (χ2n) is 4.18. The molecule has 0 radical (unpaired) electrons. The van der Waals surface area contributed by atoms with Crippen LogP contribution < -0.4 is 11.1 Å². The van der Waals surface area contributed by atoms with Gasteiger partial charge in [-0.25, -0.2) is 4.68 Å². The van der Waals surface area contributed by atoms with E-state index in [0.29, 0.717) is 17.1 Å². The number of benzene rings is 1. The van der Waals surface area contributed by atoms with Crippen molar-refractivity contribution in [2.75, 3.05) is 11.1 Å². The van der Waals surface area contributed by atoms with Crippen LogP contribution in [-0.4, -0.2) is 25.9 Å². The molecule has 1 amide bonds. The average molecular weight is 268 g/mol. The van der Waals surface area contributed by atoms with E-state index in [1.165, 1.54) is 6.20 Å². The van der Waals surface area contributed by atoms with Crippen molar-refractivity contribution in [3.63, 3.8) is 0 Å². The molecule has 20 heavy (non-hydrogen) atoms. The Morgan fingerprint density at radius 3 is 2.75 bits per heavy atom. The van der Waals surface area contributed by atoms with Gasteiger partial charge in [-0.1, -0.05) is 0 Å². The Balaban J connectivity index is 1.79. The zero-order chi connectivity index (χ0) is 13.9. The molecule has 0 bridgehead atoms. The van der Waals surface area contributed by atoms with Crippen LogP contribution in [0.25, 0.3) is 5.69 Å². The van der Waals surface area contributed by atoms with Crippen LogP contribution in [0.3, 0.4) is 0 Å². The fourth-order valence-corrected chi connectivity index (χ4v) is 1.73. The average Bonchev–Trinajstić information content (AvgIpc) is 3.10. The van der Waals surface area contributed by atoms with E-state index in [0.717, 1.165) is 5.69 Å². The lowest BCUT2D eigenvalue weighted by atomic mass is 10.3. The third-order valence-electron chi connectivity index (χ3n) is 2.74. The van der Waals surface area contributed by atoms with E-state index in [4.69, 9.17) is 5.73 Å². The molecule has 0 aliphatic rings. The molecule has 3 rings (SSSR count). The standard InChI is InChI=1S/C13H12N6O/c14-9-1-3-11(4-2-9)19-6-5-12(18-19)13(20)17-10-7-15-16-8-10/h1-8H,14H2,(H,15,16)(H,17,20). The summed E-state index contributed by atoms with van der Waals surface area (Å²) in [4.78, 5) is 12.0. The van der Waals surface area contributed by atoms with E-state index in [1.54, 1.807) is 35.3 Å². The summed E-state index contributed by atoms with van der Waals surface area (Å²) < 4.78 is 1.61. The molecule has 3 aromatic rings. The van der Waals surface area contributed by atoms with Crippen LogP contribution in [0.4, 0.5) is 11.4 Å². The molecule has 100 valence electrons. The van der Waals surface area contributed by atoms with Gasteiger partial charge in [-0.3, -0.25) is 9.89 Å². The third-order valence-corrected chi connectivity index (χ3v) is 2.74. The van der Waals surface area contributed by atoms with Crippen LogP contribution in [0, 0.1) is 0 Å². The summed E-state index contributed by atoms with van der Waals surface area (Å²) in [6.45, 7) is 0. The summed E-state index contributed by atoms with van der Waals surface area (Å²) in [7, 11) is 0. The predicted molar refractivity (Wildman–Crippen MR) is 74.5 cm³/mol. The van der Waals surface area contributed by atoms with Crippen LogP contribution in [-0.2, 0) is 0 Å². The van der Waals surface area contributed by atoms with Gasteiger partial charge in [0.1, 0.15) is 0 Å². The van der Waals surface area contributed by atoms with Gasteiger partial charge in [0.2, 0.25) is 0 Å². The molecule has 2 aromatic heterocycles. The number of nitrogens with zero attached hydrogens (tertiary/aromatic N) is 3. The number of aromatic amines is 1. The third kappa shape index (κ3) is 2.37. The first kappa shape index (κ1) is 12.0. The first-order valence-electron chi connectivity index (χ1n) is 5.94. The number of carbonyl (C=O) groups excluding carboxylic acids is 1. The zero-order valence-corrected chi connectivity index (χ0v) is 10.4. The highest BCUT2D eigenvalue weighted by Crippen LogP contribution is 2.11. The van der Waals surface area contributed by atoms with E-state index < -0.39 is 0 Å². The van der Waals surface area contributed by atoms with Crippen molar-refractivity contribution in [2.45, 2.75) is 0 Å². The van der Waals surface area contributed by atoms with Gasteiger partial charge in [-0.2, -0.15) is 10.2 Å². The maximum Gasteiger partial charge on any atom is 0.276 e. The van der Waals surface area contributed by atoms with E-state index in [2.05, 4.69) is 20.6 Å². The summed E-state index contributed by atoms with van der Waals surface area (Å²) in [6, 6.07) is 8.87. The Morgan fingerprint density at radius 1 is 1.25 bits per heavy atom. The lowest BCUT2D eigenvalue weighted by molar-refractivity contribution is 0.102. The SMILES string of the molecule is Nc1ccc(-n2ccc(C(=O)Nc3cn[nH]c3)n2)cc1. The Morgan fingerprint density at radius 2 is 2.05 bits per heavy atom. The van der Waals surface area contributed by atoms with Gasteiger partial charge in [0.15, 0.2) is 5.69 Å². The summed E-state index contributed by atoms with van der Waals surface area (Å²) in [5, 5.41) is 13.3. The number of carbonyl (C=O) groups is 1. The lowest BCUT2D eigenvalue weighted by Crippen LogP contribution is -2.12. The monoisotopic (exact) mass is 268 g/mol. The van der Waals surface area contributed by atoms with Gasteiger partial charge in [-0.05, 0) is 30.3 Å². The van der Waals surface area contributed by atoms with Gasteiger partial charge >= 0.3 is 0 Å². The van der Waals surface area contributed by atoms with Crippen molar-refractivity contribution < 1.29 is 4.79 Å². The summed E-state index contributed by atoms with van der Waals surface area (Å²) in [6.07, 6.45) is 4.83. The molecule has 0 saturated heterocycles. The van der Waals surface area contributed by atoms with Crippen molar-refractivity contribution in [1.82, 2.24) is 20.0 Å². The lowest BCUT2D eigenvalue weighted by Gasteiger charge is -2.01. The number of nitrogens with two attached hydrogens (primary N) is 1. The Labute approximate surface area is 114 Å². The van der Waals surface area contributed by atoms with E-state index in [-0.39, 0.29) is 5.91 Å². The van der Waals surface area contributed by atoms with Crippen LogP contribution in [0.15, 0.2) is 48.9 Å². The highest BCUT2D eigenvalue weighted by atomic mass is 16.2. The minimum atomic E-state index is -0.291. The van der Waals surface area contributed by atoms with Gasteiger partial charge < -0.3 is 11.1 Å². The van der Waals surface area contributed by atoms with Crippen molar-refractivity contribution >= 4 is 17.3 Å². The largest absolute Gasteiger partial charge is 0.399 e. The van der Waals surface area contributed by atoms with Gasteiger partial charge in [-0.15, -0.1) is 0 Å². The summed E-state index contributed by atoms with van der Waals surface area (Å²) in [5.74, 6) is -0.291. The maximum atomic E-state index is 12.0. The zero-order valence-electron chi connectivity index (χ0n) is 10.4. The number of amides is 1. The second-order valence-corrected chi connectivity index (χ2v) is 4.18. The molecule has 1 aromatic carbocycles. The Bertz CT molecular complexity index is 714. The molecule has 0 saturated carbocycles. The molecular formula is C13H12N6O. The van der Waals surface area contributed by atoms with Gasteiger partial charge in [0, 0.05) is 18.1 Å². The molecule has 0 aliphatic carbocycles. The number of hydrogen-bond acceptors (Lipinski definition) is 4. The Kier molecular flexibility index (Phi) is 2.92. The topological polar surface area (TPSA) is 102 Å². The summed E-state index contributed by atoms with van der Waals surface area (Å²) >= 11 is 0. The molecule has 0 unspecified atom stereocenters. The molecule has 7 heteroatoms. The van der Waals surface area contributed by atoms with Crippen LogP contribution >= 0.6 is 0 Å². The number of nitrogen functional groups attached to an aromatic ring is 1. The van der Waals surface area contributed by atoms with Crippen molar-refractivity contribution in [3.8, 4) is 5.69 Å². The first-order valence-corrected chi connectivity index (χ1v) is 5.94. The number of H-pyrrole nitrogens is 1. The quantitative estimate of drug-likeness (QED) is 0.625. The maximum absolute atomic E-state index is 12.0. The van der Waals surface area contributed by atoms with Crippen LogP contribution in [0.1, 0.15) is 10.5 Å². The molecule has 7 nitrogen and oxygen atoms in total. The van der Waals surface area contributed by atoms with Crippen molar-refractivity contribution in [2.24, 2.45) is 0 Å². The van der Waals surface area contributed by atoms with E-state index >= 15 is 0 Å². The minimum absolute atomic E-state index is 0.291. The molecule has 0 fully saturated rings. The smallest absolute Gasteiger partial charge is 0.276 e. The minimum Gasteiger partial charge on any atom is -0.399 e. The molecule has 4 N–H and O–H groups in total. The molecule has 2 heterocycles. The number of anilines is 2. The number of rotatable bonds is 3. The van der Waals surface area contributed by atoms with Gasteiger partial charge in [0.25, 0.3) is 5.91 Å². The first-order chi connectivity index (χ1) is 9.72. The van der Waals surface area contributed by atoms with Crippen molar-refractivity contribution in [1.29, 1.82) is 0 Å². The summed E-state index contributed by atoms with van der Waals surface area (Å²) in [5.41, 5.74) is 8.06. The molecule has 0 atom stereocenters. The van der Waals surface area contributed by atoms with Crippen LogP contribution in [0.5, 0.6) is 0 Å².